The summed E-state index contributed by atoms with van der Waals surface area (Å²) in [6.07, 6.45) is 0.188. The standard InChI is InChI=1S/C23H21Cl2N5O6S2/c1-15-21(23(31)27-28-9-12-38(34,35)13-10-28)26-29(19-7-5-16(24)14-18(19)25)22(15)20-8-6-17(37-20)4-2-3-11-36-30(32)33/h5-8,14H,3,9-13H2,1H3,(H,27,31). The molecule has 38 heavy (non-hydrogen) atoms. The number of aromatic nitrogens is 2. The fourth-order valence-electron chi connectivity index (χ4n) is 3.70. The maximum atomic E-state index is 13.2. The molecule has 3 heterocycles. The number of carbonyl (C=O) groups excluding carboxylic acids is 1. The lowest BCUT2D eigenvalue weighted by Gasteiger charge is -2.26. The van der Waals surface area contributed by atoms with Gasteiger partial charge in [-0.1, -0.05) is 35.0 Å². The number of halogens is 2. The van der Waals surface area contributed by atoms with Crippen molar-refractivity contribution in [2.75, 3.05) is 31.2 Å². The Morgan fingerprint density at radius 1 is 1.26 bits per heavy atom. The van der Waals surface area contributed by atoms with Gasteiger partial charge in [0.1, 0.15) is 6.61 Å². The van der Waals surface area contributed by atoms with Crippen LogP contribution in [0.5, 0.6) is 0 Å². The maximum absolute atomic E-state index is 13.2. The van der Waals surface area contributed by atoms with Gasteiger partial charge in [-0.25, -0.2) is 18.1 Å². The van der Waals surface area contributed by atoms with Gasteiger partial charge in [-0.15, -0.1) is 21.5 Å². The Bertz CT molecular complexity index is 1540. The van der Waals surface area contributed by atoms with Crippen molar-refractivity contribution in [3.63, 3.8) is 0 Å². The van der Waals surface area contributed by atoms with Crippen LogP contribution in [-0.2, 0) is 14.7 Å². The number of thiophene rings is 1. The van der Waals surface area contributed by atoms with E-state index >= 15 is 0 Å². The molecule has 0 radical (unpaired) electrons. The molecule has 1 aliphatic rings. The fraction of sp³-hybridized carbons (Fsp3) is 0.304. The van der Waals surface area contributed by atoms with Crippen LogP contribution in [0.15, 0.2) is 30.3 Å². The molecule has 0 unspecified atom stereocenters. The van der Waals surface area contributed by atoms with Crippen LogP contribution in [0, 0.1) is 28.9 Å². The van der Waals surface area contributed by atoms with Crippen LogP contribution in [0.3, 0.4) is 0 Å². The number of hydrogen-bond donors (Lipinski definition) is 1. The van der Waals surface area contributed by atoms with Crippen molar-refractivity contribution in [2.45, 2.75) is 13.3 Å². The van der Waals surface area contributed by atoms with E-state index in [1.165, 1.54) is 11.3 Å². The third-order valence-corrected chi connectivity index (χ3v) is 8.71. The summed E-state index contributed by atoms with van der Waals surface area (Å²) in [7, 11) is -3.10. The minimum absolute atomic E-state index is 0.0382. The van der Waals surface area contributed by atoms with Crippen LogP contribution in [-0.4, -0.2) is 65.4 Å². The average Bonchev–Trinajstić information content (AvgIpc) is 3.44. The zero-order valence-electron chi connectivity index (χ0n) is 19.9. The highest BCUT2D eigenvalue weighted by Crippen LogP contribution is 2.36. The summed E-state index contributed by atoms with van der Waals surface area (Å²) in [5.74, 6) is 5.23. The zero-order valence-corrected chi connectivity index (χ0v) is 23.1. The number of amides is 1. The molecule has 0 atom stereocenters. The molecule has 1 N–H and O–H groups in total. The van der Waals surface area contributed by atoms with Crippen LogP contribution in [0.4, 0.5) is 0 Å². The van der Waals surface area contributed by atoms with E-state index in [9.17, 15) is 23.3 Å². The van der Waals surface area contributed by atoms with Gasteiger partial charge in [0.25, 0.3) is 11.0 Å². The number of nitrogens with one attached hydrogen (secondary N) is 1. The average molecular weight is 598 g/mol. The molecule has 4 rings (SSSR count). The largest absolute Gasteiger partial charge is 0.313 e. The summed E-state index contributed by atoms with van der Waals surface area (Å²) in [6, 6.07) is 8.57. The zero-order chi connectivity index (χ0) is 27.4. The summed E-state index contributed by atoms with van der Waals surface area (Å²) < 4.78 is 25.0. The van der Waals surface area contributed by atoms with E-state index in [4.69, 9.17) is 23.2 Å². The molecule has 2 aromatic heterocycles. The summed E-state index contributed by atoms with van der Waals surface area (Å²) in [6.45, 7) is 2.01. The Labute approximate surface area is 232 Å². The molecule has 0 bridgehead atoms. The molecule has 1 saturated heterocycles. The first-order chi connectivity index (χ1) is 18.0. The third kappa shape index (κ3) is 6.64. The first-order valence-electron chi connectivity index (χ1n) is 11.2. The minimum Gasteiger partial charge on any atom is -0.313 e. The van der Waals surface area contributed by atoms with Gasteiger partial charge in [-0.05, 0) is 37.3 Å². The van der Waals surface area contributed by atoms with Gasteiger partial charge in [0.15, 0.2) is 15.5 Å². The molecule has 11 nitrogen and oxygen atoms in total. The molecule has 0 saturated carbocycles. The van der Waals surface area contributed by atoms with Crippen LogP contribution < -0.4 is 5.43 Å². The predicted octanol–water partition coefficient (Wildman–Crippen LogP) is 3.54. The lowest BCUT2D eigenvalue weighted by atomic mass is 10.1. The van der Waals surface area contributed by atoms with E-state index < -0.39 is 20.8 Å². The van der Waals surface area contributed by atoms with Crippen molar-refractivity contribution in [1.29, 1.82) is 0 Å². The molecule has 1 aromatic carbocycles. The quantitative estimate of drug-likeness (QED) is 0.189. The van der Waals surface area contributed by atoms with Crippen LogP contribution >= 0.6 is 34.5 Å². The Morgan fingerprint density at radius 3 is 2.68 bits per heavy atom. The summed E-state index contributed by atoms with van der Waals surface area (Å²) >= 11 is 13.9. The SMILES string of the molecule is Cc1c(C(=O)NN2CCS(=O)(=O)CC2)nn(-c2ccc(Cl)cc2Cl)c1-c1ccc(C#CCCO[N+](=O)[O-])s1. The summed E-state index contributed by atoms with van der Waals surface area (Å²) in [5, 5.41) is 16.3. The van der Waals surface area contributed by atoms with Crippen molar-refractivity contribution >= 4 is 50.3 Å². The number of rotatable bonds is 7. The van der Waals surface area contributed by atoms with Gasteiger partial charge >= 0.3 is 0 Å². The lowest BCUT2D eigenvalue weighted by molar-refractivity contribution is -0.757. The molecule has 1 aliphatic heterocycles. The second kappa shape index (κ2) is 11.7. The number of hydrazine groups is 1. The second-order valence-corrected chi connectivity index (χ2v) is 12.4. The number of carbonyl (C=O) groups is 1. The predicted molar refractivity (Wildman–Crippen MR) is 144 cm³/mol. The van der Waals surface area contributed by atoms with Crippen molar-refractivity contribution in [2.24, 2.45) is 0 Å². The van der Waals surface area contributed by atoms with Crippen LogP contribution in [0.25, 0.3) is 16.3 Å². The molecule has 3 aromatic rings. The molecule has 0 aliphatic carbocycles. The monoisotopic (exact) mass is 597 g/mol. The minimum atomic E-state index is -3.10. The molecule has 1 fully saturated rings. The molecule has 15 heteroatoms. The number of sulfone groups is 1. The van der Waals surface area contributed by atoms with Crippen molar-refractivity contribution in [3.8, 4) is 28.1 Å². The number of nitrogens with zero attached hydrogens (tertiary/aromatic N) is 4. The number of hydrogen-bond acceptors (Lipinski definition) is 9. The van der Waals surface area contributed by atoms with Gasteiger partial charge < -0.3 is 4.84 Å². The third-order valence-electron chi connectivity index (χ3n) is 5.55. The Kier molecular flexibility index (Phi) is 8.59. The summed E-state index contributed by atoms with van der Waals surface area (Å²) in [5.41, 5.74) is 4.62. The lowest BCUT2D eigenvalue weighted by Crippen LogP contribution is -2.50. The highest BCUT2D eigenvalue weighted by molar-refractivity contribution is 7.91. The summed E-state index contributed by atoms with van der Waals surface area (Å²) in [4.78, 5) is 29.2. The topological polar surface area (TPSA) is 137 Å². The van der Waals surface area contributed by atoms with E-state index in [1.54, 1.807) is 40.9 Å². The smallest absolute Gasteiger partial charge is 0.294 e. The first kappa shape index (κ1) is 27.9. The highest BCUT2D eigenvalue weighted by atomic mass is 35.5. The van der Waals surface area contributed by atoms with Crippen molar-refractivity contribution < 1.29 is 23.1 Å². The van der Waals surface area contributed by atoms with Gasteiger partial charge in [-0.3, -0.25) is 10.2 Å². The first-order valence-corrected chi connectivity index (χ1v) is 14.6. The highest BCUT2D eigenvalue weighted by Gasteiger charge is 2.27. The van der Waals surface area contributed by atoms with Gasteiger partial charge in [0.2, 0.25) is 0 Å². The van der Waals surface area contributed by atoms with Crippen LogP contribution in [0.2, 0.25) is 10.0 Å². The Morgan fingerprint density at radius 2 is 2.00 bits per heavy atom. The van der Waals surface area contributed by atoms with E-state index in [-0.39, 0.29) is 43.3 Å². The van der Waals surface area contributed by atoms with Crippen LogP contribution in [0.1, 0.15) is 27.3 Å². The normalized spacial score (nSPS) is 14.9. The van der Waals surface area contributed by atoms with Gasteiger partial charge in [0, 0.05) is 30.1 Å². The van der Waals surface area contributed by atoms with Crippen molar-refractivity contribution in [1.82, 2.24) is 20.2 Å². The Hall–Kier alpha value is -3.15. The van der Waals surface area contributed by atoms with E-state index in [0.29, 0.717) is 31.9 Å². The molecule has 200 valence electrons. The maximum Gasteiger partial charge on any atom is 0.294 e. The molecular formula is C23H21Cl2N5O6S2. The Balaban J connectivity index is 1.66. The fourth-order valence-corrected chi connectivity index (χ4v) is 6.36. The second-order valence-electron chi connectivity index (χ2n) is 8.18. The van der Waals surface area contributed by atoms with Gasteiger partial charge in [-0.2, -0.15) is 5.10 Å². The van der Waals surface area contributed by atoms with Crippen molar-refractivity contribution in [3.05, 3.63) is 66.6 Å². The van der Waals surface area contributed by atoms with E-state index in [0.717, 1.165) is 4.88 Å². The molecular weight excluding hydrogens is 577 g/mol. The van der Waals surface area contributed by atoms with E-state index in [2.05, 4.69) is 27.2 Å². The molecule has 0 spiro atoms. The van der Waals surface area contributed by atoms with E-state index in [1.807, 2.05) is 6.07 Å². The van der Waals surface area contributed by atoms with Gasteiger partial charge in [0.05, 0.1) is 37.7 Å². The molecule has 1 amide bonds. The number of benzene rings is 1.